The molecule has 1 aromatic rings. The molecule has 1 heterocycles. The van der Waals surface area contributed by atoms with Gasteiger partial charge < -0.3 is 10.1 Å². The van der Waals surface area contributed by atoms with E-state index in [2.05, 4.69) is 25.8 Å². The van der Waals surface area contributed by atoms with Crippen molar-refractivity contribution in [2.75, 3.05) is 0 Å². The van der Waals surface area contributed by atoms with Crippen molar-refractivity contribution in [1.82, 2.24) is 4.98 Å². The van der Waals surface area contributed by atoms with E-state index < -0.39 is 0 Å². The van der Waals surface area contributed by atoms with Gasteiger partial charge in [0, 0.05) is 11.8 Å². The van der Waals surface area contributed by atoms with Gasteiger partial charge in [0.25, 0.3) is 0 Å². The largest absolute Gasteiger partial charge is 0.393 e. The summed E-state index contributed by atoms with van der Waals surface area (Å²) in [5.74, 6) is 1.96. The van der Waals surface area contributed by atoms with Gasteiger partial charge in [-0.15, -0.1) is 0 Å². The van der Waals surface area contributed by atoms with E-state index in [1.807, 2.05) is 6.07 Å². The lowest BCUT2D eigenvalue weighted by Gasteiger charge is -2.39. The van der Waals surface area contributed by atoms with E-state index in [1.54, 1.807) is 12.1 Å². The molecule has 0 radical (unpaired) electrons. The molecule has 0 saturated heterocycles. The second kappa shape index (κ2) is 5.91. The first-order valence-corrected chi connectivity index (χ1v) is 7.33. The van der Waals surface area contributed by atoms with Gasteiger partial charge in [0.15, 0.2) is 0 Å². The molecule has 1 saturated carbocycles. The van der Waals surface area contributed by atoms with E-state index in [1.165, 1.54) is 0 Å². The molecule has 0 aliphatic heterocycles. The van der Waals surface area contributed by atoms with Crippen molar-refractivity contribution in [1.29, 1.82) is 0 Å². The number of rotatable bonds is 3. The minimum Gasteiger partial charge on any atom is -0.393 e. The number of nitrogens with one attached hydrogen (secondary N) is 1. The van der Waals surface area contributed by atoms with E-state index in [4.69, 9.17) is 0 Å². The molecule has 4 atom stereocenters. The highest BCUT2D eigenvalue weighted by Gasteiger charge is 2.35. The zero-order valence-electron chi connectivity index (χ0n) is 12.1. The fourth-order valence-corrected chi connectivity index (χ4v) is 3.25. The Balaban J connectivity index is 2.11. The Morgan fingerprint density at radius 3 is 2.74 bits per heavy atom. The predicted octanol–water partition coefficient (Wildman–Crippen LogP) is 2.60. The van der Waals surface area contributed by atoms with Crippen molar-refractivity contribution in [3.8, 4) is 0 Å². The van der Waals surface area contributed by atoms with Crippen LogP contribution in [0, 0.1) is 23.7 Å². The molecule has 19 heavy (non-hydrogen) atoms. The Morgan fingerprint density at radius 1 is 1.37 bits per heavy atom. The van der Waals surface area contributed by atoms with Gasteiger partial charge in [0.1, 0.15) is 0 Å². The maximum atomic E-state index is 11.3. The molecule has 2 N–H and O–H groups in total. The molecule has 106 valence electrons. The third-order valence-electron chi connectivity index (χ3n) is 4.75. The summed E-state index contributed by atoms with van der Waals surface area (Å²) in [6.45, 7) is 6.59. The number of aromatic amines is 1. The maximum Gasteiger partial charge on any atom is 0.248 e. The normalized spacial score (nSPS) is 31.6. The van der Waals surface area contributed by atoms with E-state index in [0.29, 0.717) is 23.7 Å². The van der Waals surface area contributed by atoms with Gasteiger partial charge in [-0.05, 0) is 49.0 Å². The monoisotopic (exact) mass is 263 g/mol. The molecule has 0 aromatic carbocycles. The summed E-state index contributed by atoms with van der Waals surface area (Å²) in [5, 5.41) is 10.2. The fraction of sp³-hybridized carbons (Fsp3) is 0.688. The van der Waals surface area contributed by atoms with Crippen LogP contribution in [-0.2, 0) is 6.42 Å². The number of aromatic nitrogens is 1. The van der Waals surface area contributed by atoms with Crippen molar-refractivity contribution in [2.24, 2.45) is 23.7 Å². The second-order valence-corrected chi connectivity index (χ2v) is 6.41. The standard InChI is InChI=1S/C16H25NO2/c1-10(2)12-7-13(11(3)15(18)9-12)8-14-5-4-6-16(19)17-14/h4-6,10-13,15,18H,7-9H2,1-3H3,(H,17,19)/t11-,12+,13-,15?/m0/s1. The number of aliphatic hydroxyl groups excluding tert-OH is 1. The lowest BCUT2D eigenvalue weighted by atomic mass is 9.68. The molecule has 1 fully saturated rings. The summed E-state index contributed by atoms with van der Waals surface area (Å²) in [6.07, 6.45) is 2.71. The lowest BCUT2D eigenvalue weighted by molar-refractivity contribution is 0.00373. The van der Waals surface area contributed by atoms with E-state index in [0.717, 1.165) is 25.0 Å². The quantitative estimate of drug-likeness (QED) is 0.880. The summed E-state index contributed by atoms with van der Waals surface area (Å²) in [4.78, 5) is 14.2. The minimum atomic E-state index is -0.207. The molecule has 0 bridgehead atoms. The topological polar surface area (TPSA) is 53.1 Å². The number of hydrogen-bond donors (Lipinski definition) is 2. The van der Waals surface area contributed by atoms with Crippen LogP contribution >= 0.6 is 0 Å². The van der Waals surface area contributed by atoms with Crippen LogP contribution in [0.5, 0.6) is 0 Å². The average molecular weight is 263 g/mol. The van der Waals surface area contributed by atoms with Gasteiger partial charge in [-0.2, -0.15) is 0 Å². The Morgan fingerprint density at radius 2 is 2.11 bits per heavy atom. The number of pyridine rings is 1. The molecule has 3 nitrogen and oxygen atoms in total. The van der Waals surface area contributed by atoms with Crippen molar-refractivity contribution >= 4 is 0 Å². The predicted molar refractivity (Wildman–Crippen MR) is 77.0 cm³/mol. The van der Waals surface area contributed by atoms with Crippen LogP contribution < -0.4 is 5.56 Å². The van der Waals surface area contributed by atoms with Crippen LogP contribution in [0.25, 0.3) is 0 Å². The third-order valence-corrected chi connectivity index (χ3v) is 4.75. The van der Waals surface area contributed by atoms with Gasteiger partial charge in [-0.25, -0.2) is 0 Å². The van der Waals surface area contributed by atoms with Gasteiger partial charge in [-0.1, -0.05) is 26.8 Å². The molecule has 1 unspecified atom stereocenters. The highest BCUT2D eigenvalue weighted by molar-refractivity contribution is 5.06. The highest BCUT2D eigenvalue weighted by atomic mass is 16.3. The van der Waals surface area contributed by atoms with E-state index >= 15 is 0 Å². The van der Waals surface area contributed by atoms with Crippen LogP contribution in [0.15, 0.2) is 23.0 Å². The van der Waals surface area contributed by atoms with Crippen LogP contribution in [0.3, 0.4) is 0 Å². The molecule has 2 rings (SSSR count). The third kappa shape index (κ3) is 3.47. The van der Waals surface area contributed by atoms with Crippen molar-refractivity contribution in [3.05, 3.63) is 34.2 Å². The van der Waals surface area contributed by atoms with Crippen LogP contribution in [0.4, 0.5) is 0 Å². The van der Waals surface area contributed by atoms with Gasteiger partial charge in [0.2, 0.25) is 5.56 Å². The fourth-order valence-electron chi connectivity index (χ4n) is 3.25. The molecule has 0 amide bonds. The zero-order chi connectivity index (χ0) is 14.0. The van der Waals surface area contributed by atoms with E-state index in [9.17, 15) is 9.90 Å². The first-order chi connectivity index (χ1) is 8.97. The summed E-state index contributed by atoms with van der Waals surface area (Å²) in [5.41, 5.74) is 0.947. The van der Waals surface area contributed by atoms with Crippen molar-refractivity contribution < 1.29 is 5.11 Å². The Hall–Kier alpha value is -1.09. The van der Waals surface area contributed by atoms with E-state index in [-0.39, 0.29) is 11.7 Å². The first kappa shape index (κ1) is 14.3. The van der Waals surface area contributed by atoms with Gasteiger partial charge in [0.05, 0.1) is 6.10 Å². The smallest absolute Gasteiger partial charge is 0.248 e. The summed E-state index contributed by atoms with van der Waals surface area (Å²) in [7, 11) is 0. The SMILES string of the molecule is CC(C)[C@H]1CC(O)[C@@H](C)[C@H](Cc2cccc(=O)[nH]2)C1. The molecule has 1 aliphatic carbocycles. The molecule has 1 aromatic heterocycles. The molecule has 3 heteroatoms. The number of hydrogen-bond acceptors (Lipinski definition) is 2. The number of aliphatic hydroxyl groups is 1. The number of H-pyrrole nitrogens is 1. The lowest BCUT2D eigenvalue weighted by Crippen LogP contribution is -2.37. The second-order valence-electron chi connectivity index (χ2n) is 6.41. The van der Waals surface area contributed by atoms with Crippen molar-refractivity contribution in [3.63, 3.8) is 0 Å². The Labute approximate surface area is 115 Å². The van der Waals surface area contributed by atoms with Crippen LogP contribution in [0.2, 0.25) is 0 Å². The average Bonchev–Trinajstić information content (AvgIpc) is 2.34. The Kier molecular flexibility index (Phi) is 4.46. The zero-order valence-corrected chi connectivity index (χ0v) is 12.1. The highest BCUT2D eigenvalue weighted by Crippen LogP contribution is 2.38. The summed E-state index contributed by atoms with van der Waals surface area (Å²) >= 11 is 0. The summed E-state index contributed by atoms with van der Waals surface area (Å²) in [6, 6.07) is 5.32. The molecule has 1 aliphatic rings. The first-order valence-electron chi connectivity index (χ1n) is 7.33. The Bertz CT molecular complexity index is 466. The van der Waals surface area contributed by atoms with Crippen molar-refractivity contribution in [2.45, 2.75) is 46.1 Å². The molecular formula is C16H25NO2. The van der Waals surface area contributed by atoms with Gasteiger partial charge in [-0.3, -0.25) is 4.79 Å². The minimum absolute atomic E-state index is 0.0399. The molecular weight excluding hydrogens is 238 g/mol. The van der Waals surface area contributed by atoms with Gasteiger partial charge >= 0.3 is 0 Å². The van der Waals surface area contributed by atoms with Crippen LogP contribution in [-0.4, -0.2) is 16.2 Å². The maximum absolute atomic E-state index is 11.3. The molecule has 0 spiro atoms. The summed E-state index contributed by atoms with van der Waals surface area (Å²) < 4.78 is 0. The van der Waals surface area contributed by atoms with Crippen LogP contribution in [0.1, 0.15) is 39.3 Å².